The van der Waals surface area contributed by atoms with Crippen LogP contribution in [0, 0.1) is 11.3 Å². The van der Waals surface area contributed by atoms with E-state index in [-0.39, 0.29) is 5.75 Å². The zero-order valence-corrected chi connectivity index (χ0v) is 13.9. The predicted molar refractivity (Wildman–Crippen MR) is 84.6 cm³/mol. The molecule has 0 aliphatic carbocycles. The fraction of sp³-hybridized carbons (Fsp3) is 0.600. The molecule has 22 heavy (non-hydrogen) atoms. The van der Waals surface area contributed by atoms with Crippen LogP contribution in [0.4, 0.5) is 0 Å². The molecule has 1 aliphatic rings. The van der Waals surface area contributed by atoms with Gasteiger partial charge in [0.25, 0.3) is 0 Å². The molecule has 0 saturated carbocycles. The van der Waals surface area contributed by atoms with E-state index in [1.807, 2.05) is 19.2 Å². The van der Waals surface area contributed by atoms with Crippen molar-refractivity contribution in [3.8, 4) is 6.07 Å². The van der Waals surface area contributed by atoms with E-state index in [1.54, 1.807) is 11.2 Å². The van der Waals surface area contributed by atoms with Crippen molar-refractivity contribution in [1.82, 2.24) is 14.2 Å². The maximum Gasteiger partial charge on any atom is 0.213 e. The van der Waals surface area contributed by atoms with Crippen LogP contribution in [0.5, 0.6) is 0 Å². The summed E-state index contributed by atoms with van der Waals surface area (Å²) in [5.74, 6) is 0.154. The summed E-state index contributed by atoms with van der Waals surface area (Å²) in [4.78, 5) is 6.55. The standard InChI is InChI=1S/C15H22N4O2S/c1-3-15-14(10-16)9-13(11-17-15)12-18-5-7-19(8-6-18)22(20,21)4-2/h9,11H,3-8,12H2,1-2H3. The summed E-state index contributed by atoms with van der Waals surface area (Å²) in [5, 5.41) is 9.15. The van der Waals surface area contributed by atoms with Crippen molar-refractivity contribution in [1.29, 1.82) is 5.26 Å². The molecular weight excluding hydrogens is 300 g/mol. The molecule has 2 rings (SSSR count). The topological polar surface area (TPSA) is 77.3 Å². The second-order valence-electron chi connectivity index (χ2n) is 5.38. The summed E-state index contributed by atoms with van der Waals surface area (Å²) in [6.45, 7) is 6.82. The number of hydrogen-bond acceptors (Lipinski definition) is 5. The minimum atomic E-state index is -3.09. The molecule has 0 radical (unpaired) electrons. The highest BCUT2D eigenvalue weighted by atomic mass is 32.2. The summed E-state index contributed by atoms with van der Waals surface area (Å²) < 4.78 is 25.2. The molecule has 1 aliphatic heterocycles. The van der Waals surface area contributed by atoms with Crippen LogP contribution in [-0.2, 0) is 23.0 Å². The van der Waals surface area contributed by atoms with Gasteiger partial charge >= 0.3 is 0 Å². The minimum Gasteiger partial charge on any atom is -0.296 e. The molecular formula is C15H22N4O2S. The van der Waals surface area contributed by atoms with Gasteiger partial charge in [0.1, 0.15) is 6.07 Å². The van der Waals surface area contributed by atoms with Crippen LogP contribution in [0.2, 0.25) is 0 Å². The summed E-state index contributed by atoms with van der Waals surface area (Å²) in [7, 11) is -3.09. The first kappa shape index (κ1) is 16.9. The van der Waals surface area contributed by atoms with Gasteiger partial charge < -0.3 is 0 Å². The van der Waals surface area contributed by atoms with Gasteiger partial charge in [-0.25, -0.2) is 8.42 Å². The van der Waals surface area contributed by atoms with Gasteiger partial charge in [0, 0.05) is 38.9 Å². The Hall–Kier alpha value is -1.49. The Morgan fingerprint density at radius 2 is 1.95 bits per heavy atom. The fourth-order valence-electron chi connectivity index (χ4n) is 2.61. The lowest BCUT2D eigenvalue weighted by Crippen LogP contribution is -2.48. The van der Waals surface area contributed by atoms with Gasteiger partial charge in [0.2, 0.25) is 10.0 Å². The Bertz CT molecular complexity index is 659. The smallest absolute Gasteiger partial charge is 0.213 e. The second-order valence-corrected chi connectivity index (χ2v) is 7.64. The molecule has 6 nitrogen and oxygen atoms in total. The molecule has 0 atom stereocenters. The molecule has 0 amide bonds. The zero-order valence-electron chi connectivity index (χ0n) is 13.1. The number of nitrogens with zero attached hydrogens (tertiary/aromatic N) is 4. The lowest BCUT2D eigenvalue weighted by Gasteiger charge is -2.33. The highest BCUT2D eigenvalue weighted by Gasteiger charge is 2.25. The maximum absolute atomic E-state index is 11.8. The van der Waals surface area contributed by atoms with Gasteiger partial charge in [-0.1, -0.05) is 6.92 Å². The van der Waals surface area contributed by atoms with Crippen LogP contribution >= 0.6 is 0 Å². The van der Waals surface area contributed by atoms with Crippen molar-refractivity contribution in [2.75, 3.05) is 31.9 Å². The molecule has 1 fully saturated rings. The SMILES string of the molecule is CCc1ncc(CN2CCN(S(=O)(=O)CC)CC2)cc1C#N. The fourth-order valence-corrected chi connectivity index (χ4v) is 3.69. The summed E-state index contributed by atoms with van der Waals surface area (Å²) in [6, 6.07) is 4.08. The van der Waals surface area contributed by atoms with E-state index >= 15 is 0 Å². The van der Waals surface area contributed by atoms with Crippen molar-refractivity contribution in [2.45, 2.75) is 26.8 Å². The van der Waals surface area contributed by atoms with Crippen molar-refractivity contribution in [3.05, 3.63) is 29.1 Å². The van der Waals surface area contributed by atoms with Gasteiger partial charge in [-0.05, 0) is 25.0 Å². The van der Waals surface area contributed by atoms with Crippen LogP contribution in [0.1, 0.15) is 30.7 Å². The molecule has 0 unspecified atom stereocenters. The molecule has 0 spiro atoms. The van der Waals surface area contributed by atoms with E-state index in [0.717, 1.165) is 17.7 Å². The third-order valence-electron chi connectivity index (χ3n) is 3.98. The largest absolute Gasteiger partial charge is 0.296 e. The number of hydrogen-bond donors (Lipinski definition) is 0. The van der Waals surface area contributed by atoms with E-state index in [2.05, 4.69) is 16.0 Å². The van der Waals surface area contributed by atoms with Crippen LogP contribution in [0.25, 0.3) is 0 Å². The van der Waals surface area contributed by atoms with Crippen molar-refractivity contribution >= 4 is 10.0 Å². The Kier molecular flexibility index (Phi) is 5.51. The molecule has 1 aromatic rings. The Morgan fingerprint density at radius 3 is 2.50 bits per heavy atom. The quantitative estimate of drug-likeness (QED) is 0.808. The number of aryl methyl sites for hydroxylation is 1. The van der Waals surface area contributed by atoms with Crippen molar-refractivity contribution in [2.24, 2.45) is 0 Å². The van der Waals surface area contributed by atoms with E-state index in [4.69, 9.17) is 5.26 Å². The number of pyridine rings is 1. The van der Waals surface area contributed by atoms with Crippen molar-refractivity contribution < 1.29 is 8.42 Å². The second kappa shape index (κ2) is 7.18. The number of piperazine rings is 1. The molecule has 7 heteroatoms. The van der Waals surface area contributed by atoms with Crippen LogP contribution in [0.15, 0.2) is 12.3 Å². The Labute approximate surface area is 132 Å². The number of aromatic nitrogens is 1. The van der Waals surface area contributed by atoms with Crippen LogP contribution in [-0.4, -0.2) is 54.5 Å². The molecule has 120 valence electrons. The third-order valence-corrected chi connectivity index (χ3v) is 5.86. The van der Waals surface area contributed by atoms with Crippen LogP contribution < -0.4 is 0 Å². The summed E-state index contributed by atoms with van der Waals surface area (Å²) in [5.41, 5.74) is 2.46. The first-order chi connectivity index (χ1) is 10.5. The zero-order chi connectivity index (χ0) is 16.2. The average molecular weight is 322 g/mol. The predicted octanol–water partition coefficient (Wildman–Crippen LogP) is 0.983. The summed E-state index contributed by atoms with van der Waals surface area (Å²) in [6.07, 6.45) is 2.56. The van der Waals surface area contributed by atoms with Gasteiger partial charge in [-0.15, -0.1) is 0 Å². The first-order valence-corrected chi connectivity index (χ1v) is 9.19. The normalized spacial score (nSPS) is 17.3. The Balaban J connectivity index is 1.98. The molecule has 1 aromatic heterocycles. The molecule has 2 heterocycles. The van der Waals surface area contributed by atoms with E-state index in [0.29, 0.717) is 38.3 Å². The van der Waals surface area contributed by atoms with E-state index in [9.17, 15) is 8.42 Å². The third kappa shape index (κ3) is 3.83. The van der Waals surface area contributed by atoms with Crippen molar-refractivity contribution in [3.63, 3.8) is 0 Å². The lowest BCUT2D eigenvalue weighted by molar-refractivity contribution is 0.181. The number of rotatable bonds is 5. The van der Waals surface area contributed by atoms with E-state index < -0.39 is 10.0 Å². The molecule has 0 bridgehead atoms. The Morgan fingerprint density at radius 1 is 1.27 bits per heavy atom. The van der Waals surface area contributed by atoms with Gasteiger partial charge in [0.15, 0.2) is 0 Å². The number of sulfonamides is 1. The molecule has 0 N–H and O–H groups in total. The van der Waals surface area contributed by atoms with E-state index in [1.165, 1.54) is 0 Å². The first-order valence-electron chi connectivity index (χ1n) is 7.58. The van der Waals surface area contributed by atoms with Gasteiger partial charge in [0.05, 0.1) is 17.0 Å². The molecule has 0 aromatic carbocycles. The maximum atomic E-state index is 11.8. The lowest BCUT2D eigenvalue weighted by atomic mass is 10.1. The monoisotopic (exact) mass is 322 g/mol. The summed E-state index contributed by atoms with van der Waals surface area (Å²) >= 11 is 0. The average Bonchev–Trinajstić information content (AvgIpc) is 2.55. The number of nitriles is 1. The highest BCUT2D eigenvalue weighted by Crippen LogP contribution is 2.14. The van der Waals surface area contributed by atoms with Crippen LogP contribution in [0.3, 0.4) is 0 Å². The minimum absolute atomic E-state index is 0.154. The highest BCUT2D eigenvalue weighted by molar-refractivity contribution is 7.89. The van der Waals surface area contributed by atoms with Gasteiger partial charge in [-0.3, -0.25) is 9.88 Å². The molecule has 1 saturated heterocycles. The van der Waals surface area contributed by atoms with Gasteiger partial charge in [-0.2, -0.15) is 9.57 Å².